The average molecular weight is 479 g/mol. The number of rotatable bonds is 11. The molecule has 2 aromatic carbocycles. The van der Waals surface area contributed by atoms with E-state index >= 15 is 0 Å². The summed E-state index contributed by atoms with van der Waals surface area (Å²) in [5, 5.41) is 32.5. The zero-order chi connectivity index (χ0) is 24.8. The predicted molar refractivity (Wildman–Crippen MR) is 128 cm³/mol. The molecule has 3 aromatic rings. The van der Waals surface area contributed by atoms with Crippen LogP contribution in [0.25, 0.3) is 11.6 Å². The number of aliphatic hydroxyl groups is 1. The highest BCUT2D eigenvalue weighted by atomic mass is 16.5. The van der Waals surface area contributed by atoms with Crippen LogP contribution in [-0.2, 0) is 4.79 Å². The lowest BCUT2D eigenvalue weighted by molar-refractivity contribution is -0.110. The van der Waals surface area contributed by atoms with Crippen molar-refractivity contribution in [2.45, 2.75) is 6.10 Å². The van der Waals surface area contributed by atoms with Crippen molar-refractivity contribution < 1.29 is 29.3 Å². The molecule has 11 heteroatoms. The molecule has 7 N–H and O–H groups in total. The van der Waals surface area contributed by atoms with Crippen molar-refractivity contribution in [2.75, 3.05) is 31.6 Å². The average Bonchev–Trinajstić information content (AvgIpc) is 3.46. The smallest absolute Gasteiger partial charge is 0.256 e. The fourth-order valence-corrected chi connectivity index (χ4v) is 3.53. The third-order valence-electron chi connectivity index (χ3n) is 5.20. The minimum absolute atomic E-state index is 0.00969. The van der Waals surface area contributed by atoms with E-state index in [0.29, 0.717) is 40.6 Å². The van der Waals surface area contributed by atoms with Crippen molar-refractivity contribution in [3.05, 3.63) is 65.5 Å². The number of primary amides is 1. The van der Waals surface area contributed by atoms with Gasteiger partial charge in [0.15, 0.2) is 0 Å². The van der Waals surface area contributed by atoms with Gasteiger partial charge >= 0.3 is 0 Å². The Hall–Kier alpha value is -4.35. The number of nitrogens with one attached hydrogen (secondary N) is 3. The summed E-state index contributed by atoms with van der Waals surface area (Å²) in [5.41, 5.74) is 7.58. The number of H-pyrrole nitrogens is 1. The largest absolute Gasteiger partial charge is 0.507 e. The fraction of sp³-hybridized carbons (Fsp3) is 0.208. The Morgan fingerprint density at radius 1 is 1.23 bits per heavy atom. The van der Waals surface area contributed by atoms with Gasteiger partial charge in [-0.15, -0.1) is 0 Å². The van der Waals surface area contributed by atoms with Crippen LogP contribution in [0.15, 0.2) is 48.7 Å². The molecule has 1 aliphatic rings. The number of fused-ring (bicyclic) bond motifs is 1. The zero-order valence-corrected chi connectivity index (χ0v) is 18.7. The van der Waals surface area contributed by atoms with Crippen LogP contribution in [0, 0.1) is 0 Å². The lowest BCUT2D eigenvalue weighted by atomic mass is 10.0. The van der Waals surface area contributed by atoms with Crippen molar-refractivity contribution in [1.82, 2.24) is 15.5 Å². The quantitative estimate of drug-likeness (QED) is 0.175. The molecular weight excluding hydrogens is 454 g/mol. The van der Waals surface area contributed by atoms with E-state index in [4.69, 9.17) is 15.2 Å². The molecule has 1 unspecified atom stereocenters. The number of carbonyl (C=O) groups is 2. The second-order valence-electron chi connectivity index (χ2n) is 7.76. The van der Waals surface area contributed by atoms with Gasteiger partial charge in [-0.1, -0.05) is 6.07 Å². The molecule has 11 nitrogen and oxygen atoms in total. The van der Waals surface area contributed by atoms with Crippen molar-refractivity contribution in [1.29, 1.82) is 0 Å². The summed E-state index contributed by atoms with van der Waals surface area (Å²) in [7, 11) is 0. The summed E-state index contributed by atoms with van der Waals surface area (Å²) >= 11 is 0. The second kappa shape index (κ2) is 10.7. The van der Waals surface area contributed by atoms with E-state index in [1.807, 2.05) is 0 Å². The Morgan fingerprint density at radius 3 is 2.86 bits per heavy atom. The van der Waals surface area contributed by atoms with Gasteiger partial charge in [-0.2, -0.15) is 5.10 Å². The van der Waals surface area contributed by atoms with Crippen LogP contribution in [0.2, 0.25) is 0 Å². The molecule has 0 saturated carbocycles. The molecule has 35 heavy (non-hydrogen) atoms. The van der Waals surface area contributed by atoms with E-state index in [0.717, 1.165) is 0 Å². The van der Waals surface area contributed by atoms with Gasteiger partial charge in [0.25, 0.3) is 11.8 Å². The summed E-state index contributed by atoms with van der Waals surface area (Å²) < 4.78 is 11.4. The van der Waals surface area contributed by atoms with Crippen molar-refractivity contribution >= 4 is 29.2 Å². The maximum atomic E-state index is 12.4. The van der Waals surface area contributed by atoms with Gasteiger partial charge in [-0.05, 0) is 42.5 Å². The Balaban J connectivity index is 1.26. The van der Waals surface area contributed by atoms with Crippen LogP contribution in [0.5, 0.6) is 17.2 Å². The minimum atomic E-state index is -0.814. The number of benzene rings is 2. The predicted octanol–water partition coefficient (Wildman–Crippen LogP) is 1.12. The van der Waals surface area contributed by atoms with Gasteiger partial charge < -0.3 is 36.1 Å². The van der Waals surface area contributed by atoms with Gasteiger partial charge in [0.05, 0.1) is 28.1 Å². The number of amides is 2. The van der Waals surface area contributed by atoms with E-state index in [1.54, 1.807) is 36.5 Å². The monoisotopic (exact) mass is 479 g/mol. The number of nitrogens with zero attached hydrogens (tertiary/aromatic N) is 1. The zero-order valence-electron chi connectivity index (χ0n) is 18.7. The first-order valence-corrected chi connectivity index (χ1v) is 10.9. The van der Waals surface area contributed by atoms with Gasteiger partial charge in [-0.25, -0.2) is 0 Å². The first-order chi connectivity index (χ1) is 16.9. The molecule has 0 radical (unpaired) electrons. The standard InChI is InChI=1S/C24H25N5O6/c25-23(32)17-11-16(4-5-20(17)31)34-9-8-26-12-15(30)13-35-21-3-1-2-19-22(21)18(24(33)28-19)10-14-6-7-27-29-14/h1-7,10-11,15,26,30-31H,8-9,12-13H2,(H2,25,32)(H,27,29)(H,28,33). The van der Waals surface area contributed by atoms with E-state index < -0.39 is 12.0 Å². The molecule has 0 spiro atoms. The lowest BCUT2D eigenvalue weighted by Gasteiger charge is -2.15. The van der Waals surface area contributed by atoms with Crippen LogP contribution in [0.3, 0.4) is 0 Å². The number of aromatic nitrogens is 2. The first-order valence-electron chi connectivity index (χ1n) is 10.9. The van der Waals surface area contributed by atoms with Crippen molar-refractivity contribution in [3.63, 3.8) is 0 Å². The molecule has 0 bridgehead atoms. The van der Waals surface area contributed by atoms with Crippen LogP contribution in [0.1, 0.15) is 21.6 Å². The summed E-state index contributed by atoms with van der Waals surface area (Å²) in [6.45, 7) is 0.933. The summed E-state index contributed by atoms with van der Waals surface area (Å²) in [6, 6.07) is 11.3. The van der Waals surface area contributed by atoms with E-state index in [9.17, 15) is 19.8 Å². The van der Waals surface area contributed by atoms with Crippen LogP contribution in [0.4, 0.5) is 5.69 Å². The number of phenols is 1. The Morgan fingerprint density at radius 2 is 2.09 bits per heavy atom. The molecule has 0 fully saturated rings. The molecule has 2 amide bonds. The summed E-state index contributed by atoms with van der Waals surface area (Å²) in [6.07, 6.45) is 2.48. The number of ether oxygens (including phenoxy) is 2. The fourth-order valence-electron chi connectivity index (χ4n) is 3.53. The molecular formula is C24H25N5O6. The number of nitrogens with two attached hydrogens (primary N) is 1. The maximum absolute atomic E-state index is 12.4. The maximum Gasteiger partial charge on any atom is 0.256 e. The van der Waals surface area contributed by atoms with Crippen molar-refractivity contribution in [3.8, 4) is 17.2 Å². The third kappa shape index (κ3) is 5.78. The van der Waals surface area contributed by atoms with Crippen LogP contribution in [-0.4, -0.2) is 64.6 Å². The molecule has 2 heterocycles. The van der Waals surface area contributed by atoms with Gasteiger partial charge in [0, 0.05) is 19.3 Å². The highest BCUT2D eigenvalue weighted by molar-refractivity contribution is 6.35. The van der Waals surface area contributed by atoms with Gasteiger partial charge in [0.1, 0.15) is 36.6 Å². The molecule has 4 rings (SSSR count). The Labute approximate surface area is 200 Å². The topological polar surface area (TPSA) is 172 Å². The third-order valence-corrected chi connectivity index (χ3v) is 5.20. The van der Waals surface area contributed by atoms with E-state index in [1.165, 1.54) is 18.2 Å². The Kier molecular flexibility index (Phi) is 7.29. The molecule has 182 valence electrons. The van der Waals surface area contributed by atoms with Gasteiger partial charge in [-0.3, -0.25) is 14.7 Å². The Bertz CT molecular complexity index is 1240. The summed E-state index contributed by atoms with van der Waals surface area (Å²) in [5.74, 6) is -0.333. The molecule has 1 aromatic heterocycles. The minimum Gasteiger partial charge on any atom is -0.507 e. The number of anilines is 1. The van der Waals surface area contributed by atoms with E-state index in [2.05, 4.69) is 20.8 Å². The second-order valence-corrected chi connectivity index (χ2v) is 7.76. The highest BCUT2D eigenvalue weighted by Crippen LogP contribution is 2.39. The van der Waals surface area contributed by atoms with E-state index in [-0.39, 0.29) is 37.0 Å². The molecule has 1 atom stereocenters. The van der Waals surface area contributed by atoms with Crippen molar-refractivity contribution in [2.24, 2.45) is 5.73 Å². The van der Waals surface area contributed by atoms with Crippen LogP contribution < -0.4 is 25.8 Å². The number of hydrogen-bond donors (Lipinski definition) is 6. The number of carbonyl (C=O) groups excluding carboxylic acids is 2. The SMILES string of the molecule is NC(=O)c1cc(OCCNCC(O)COc2cccc3c2C(=Cc2ccn[nH]2)C(=O)N3)ccc1O. The molecule has 0 aliphatic carbocycles. The van der Waals surface area contributed by atoms with Gasteiger partial charge in [0.2, 0.25) is 0 Å². The number of aromatic hydroxyl groups is 1. The first kappa shape index (κ1) is 23.8. The highest BCUT2D eigenvalue weighted by Gasteiger charge is 2.28. The van der Waals surface area contributed by atoms with Crippen LogP contribution >= 0.6 is 0 Å². The normalized spacial score (nSPS) is 14.4. The lowest BCUT2D eigenvalue weighted by Crippen LogP contribution is -2.33. The summed E-state index contributed by atoms with van der Waals surface area (Å²) in [4.78, 5) is 23.7. The number of hydrogen-bond acceptors (Lipinski definition) is 8. The molecule has 0 saturated heterocycles. The molecule has 1 aliphatic heterocycles. The number of aliphatic hydroxyl groups excluding tert-OH is 1. The number of aromatic amines is 1.